The molecule has 0 unspecified atom stereocenters. The van der Waals surface area contributed by atoms with Gasteiger partial charge in [0.1, 0.15) is 18.9 Å². The number of hydrogen-bond acceptors (Lipinski definition) is 6. The Hall–Kier alpha value is -4.37. The highest BCUT2D eigenvalue weighted by Gasteiger charge is 2.36. The molecule has 3 aromatic carbocycles. The van der Waals surface area contributed by atoms with Crippen LogP contribution < -0.4 is 10.1 Å². The molecule has 0 atom stereocenters. The summed E-state index contributed by atoms with van der Waals surface area (Å²) in [6.45, 7) is -0.0577. The van der Waals surface area contributed by atoms with Crippen LogP contribution in [-0.4, -0.2) is 39.6 Å². The molecule has 9 heteroatoms. The summed E-state index contributed by atoms with van der Waals surface area (Å²) in [7, 11) is 0. The van der Waals surface area contributed by atoms with Crippen LogP contribution in [0, 0.1) is 0 Å². The van der Waals surface area contributed by atoms with Crippen molar-refractivity contribution in [3.05, 3.63) is 100 Å². The van der Waals surface area contributed by atoms with Crippen LogP contribution in [0.2, 0.25) is 0 Å². The number of anilines is 1. The lowest BCUT2D eigenvalue weighted by Crippen LogP contribution is -2.36. The van der Waals surface area contributed by atoms with Crippen molar-refractivity contribution < 1.29 is 29.0 Å². The molecule has 176 valence electrons. The van der Waals surface area contributed by atoms with Gasteiger partial charge in [0.2, 0.25) is 5.91 Å². The summed E-state index contributed by atoms with van der Waals surface area (Å²) >= 11 is 0.759. The van der Waals surface area contributed by atoms with Gasteiger partial charge >= 0.3 is 5.97 Å². The predicted octanol–water partition coefficient (Wildman–Crippen LogP) is 4.64. The maximum absolute atomic E-state index is 12.8. The molecule has 3 amide bonds. The summed E-state index contributed by atoms with van der Waals surface area (Å²) in [6.07, 6.45) is 1.59. The third-order valence-corrected chi connectivity index (χ3v) is 5.90. The Bertz CT molecular complexity index is 1300. The number of carboxylic acids is 1. The molecule has 1 aliphatic heterocycles. The summed E-state index contributed by atoms with van der Waals surface area (Å²) in [6, 6.07) is 22.4. The highest BCUT2D eigenvalue weighted by Crippen LogP contribution is 2.32. The van der Waals surface area contributed by atoms with Gasteiger partial charge in [-0.2, -0.15) is 0 Å². The first-order chi connectivity index (χ1) is 16.9. The number of amides is 3. The molecular weight excluding hydrogens is 468 g/mol. The normalized spacial score (nSPS) is 14.3. The third-order valence-electron chi connectivity index (χ3n) is 5.00. The van der Waals surface area contributed by atoms with Gasteiger partial charge in [0.05, 0.1) is 10.5 Å². The summed E-state index contributed by atoms with van der Waals surface area (Å²) < 4.78 is 5.81. The lowest BCUT2D eigenvalue weighted by molar-refractivity contribution is -0.127. The van der Waals surface area contributed by atoms with Gasteiger partial charge in [-0.3, -0.25) is 19.3 Å². The molecule has 0 radical (unpaired) electrons. The van der Waals surface area contributed by atoms with E-state index in [9.17, 15) is 19.2 Å². The van der Waals surface area contributed by atoms with Crippen molar-refractivity contribution in [2.24, 2.45) is 0 Å². The molecule has 35 heavy (non-hydrogen) atoms. The Labute approximate surface area is 205 Å². The molecule has 0 spiro atoms. The van der Waals surface area contributed by atoms with Crippen molar-refractivity contribution in [3.63, 3.8) is 0 Å². The Balaban J connectivity index is 1.38. The molecule has 0 saturated carbocycles. The largest absolute Gasteiger partial charge is 0.489 e. The lowest BCUT2D eigenvalue weighted by Gasteiger charge is -2.12. The van der Waals surface area contributed by atoms with Gasteiger partial charge in [-0.25, -0.2) is 4.79 Å². The van der Waals surface area contributed by atoms with Crippen LogP contribution in [0.25, 0.3) is 6.08 Å². The van der Waals surface area contributed by atoms with E-state index < -0.39 is 29.6 Å². The number of aromatic carboxylic acids is 1. The third kappa shape index (κ3) is 6.15. The van der Waals surface area contributed by atoms with Gasteiger partial charge in [0.25, 0.3) is 11.1 Å². The lowest BCUT2D eigenvalue weighted by atomic mass is 10.2. The summed E-state index contributed by atoms with van der Waals surface area (Å²) in [5.74, 6) is -1.60. The number of nitrogens with one attached hydrogen (secondary N) is 1. The van der Waals surface area contributed by atoms with E-state index in [0.29, 0.717) is 23.6 Å². The first-order valence-electron chi connectivity index (χ1n) is 10.5. The highest BCUT2D eigenvalue weighted by molar-refractivity contribution is 8.18. The van der Waals surface area contributed by atoms with Gasteiger partial charge in [0.15, 0.2) is 0 Å². The molecule has 1 aliphatic rings. The van der Waals surface area contributed by atoms with Gasteiger partial charge < -0.3 is 15.2 Å². The first kappa shape index (κ1) is 23.8. The molecule has 3 aromatic rings. The summed E-state index contributed by atoms with van der Waals surface area (Å²) in [5, 5.41) is 10.9. The number of imide groups is 1. The van der Waals surface area contributed by atoms with Crippen LogP contribution >= 0.6 is 11.8 Å². The number of carbonyl (C=O) groups is 4. The van der Waals surface area contributed by atoms with Crippen molar-refractivity contribution in [3.8, 4) is 5.75 Å². The number of hydrogen-bond donors (Lipinski definition) is 2. The quantitative estimate of drug-likeness (QED) is 0.444. The maximum atomic E-state index is 12.8. The zero-order chi connectivity index (χ0) is 24.8. The SMILES string of the molecule is O=C(CN1C(=O)S/C(=C\c2cccc(OCc3ccccc3)c2)C1=O)Nc1ccc(C(=O)O)cc1. The van der Waals surface area contributed by atoms with Crippen LogP contribution in [0.1, 0.15) is 21.5 Å². The van der Waals surface area contributed by atoms with Crippen LogP contribution in [-0.2, 0) is 16.2 Å². The Kier molecular flexibility index (Phi) is 7.27. The van der Waals surface area contributed by atoms with Crippen molar-refractivity contribution >= 4 is 46.5 Å². The van der Waals surface area contributed by atoms with Gasteiger partial charge in [0, 0.05) is 5.69 Å². The molecule has 4 rings (SSSR count). The highest BCUT2D eigenvalue weighted by atomic mass is 32.2. The van der Waals surface area contributed by atoms with Crippen LogP contribution in [0.15, 0.2) is 83.8 Å². The van der Waals surface area contributed by atoms with E-state index in [2.05, 4.69) is 5.32 Å². The summed E-state index contributed by atoms with van der Waals surface area (Å²) in [4.78, 5) is 49.5. The van der Waals surface area contributed by atoms with Crippen molar-refractivity contribution in [1.82, 2.24) is 4.90 Å². The monoisotopic (exact) mass is 488 g/mol. The van der Waals surface area contributed by atoms with Crippen molar-refractivity contribution in [2.75, 3.05) is 11.9 Å². The van der Waals surface area contributed by atoms with Crippen molar-refractivity contribution in [2.45, 2.75) is 6.61 Å². The Morgan fingerprint density at radius 3 is 2.43 bits per heavy atom. The average molecular weight is 489 g/mol. The fourth-order valence-electron chi connectivity index (χ4n) is 3.26. The van der Waals surface area contributed by atoms with Crippen LogP contribution in [0.3, 0.4) is 0 Å². The van der Waals surface area contributed by atoms with Crippen molar-refractivity contribution in [1.29, 1.82) is 0 Å². The average Bonchev–Trinajstić information content (AvgIpc) is 3.11. The fraction of sp³-hybridized carbons (Fsp3) is 0.0769. The van der Waals surface area contributed by atoms with E-state index >= 15 is 0 Å². The molecule has 1 saturated heterocycles. The number of benzene rings is 3. The minimum Gasteiger partial charge on any atom is -0.489 e. The maximum Gasteiger partial charge on any atom is 0.335 e. The van der Waals surface area contributed by atoms with E-state index in [-0.39, 0.29) is 10.5 Å². The molecular formula is C26H20N2O6S. The molecule has 2 N–H and O–H groups in total. The van der Waals surface area contributed by atoms with Gasteiger partial charge in [-0.15, -0.1) is 0 Å². The smallest absolute Gasteiger partial charge is 0.335 e. The zero-order valence-electron chi connectivity index (χ0n) is 18.3. The second-order valence-corrected chi connectivity index (χ2v) is 8.54. The van der Waals surface area contributed by atoms with E-state index in [1.807, 2.05) is 30.3 Å². The van der Waals surface area contributed by atoms with E-state index in [4.69, 9.17) is 9.84 Å². The number of rotatable bonds is 8. The molecule has 1 fully saturated rings. The van der Waals surface area contributed by atoms with E-state index in [1.54, 1.807) is 30.3 Å². The van der Waals surface area contributed by atoms with Crippen LogP contribution in [0.4, 0.5) is 10.5 Å². The summed E-state index contributed by atoms with van der Waals surface area (Å²) in [5.41, 5.74) is 2.14. The first-order valence-corrected chi connectivity index (χ1v) is 11.4. The standard InChI is InChI=1S/C26H20N2O6S/c29-23(27-20-11-9-19(10-12-20)25(31)32)15-28-24(30)22(35-26(28)33)14-18-7-4-8-21(13-18)34-16-17-5-2-1-3-6-17/h1-14H,15-16H2,(H,27,29)(H,31,32)/b22-14-. The Morgan fingerprint density at radius 2 is 1.71 bits per heavy atom. The predicted molar refractivity (Wildman–Crippen MR) is 132 cm³/mol. The topological polar surface area (TPSA) is 113 Å². The second kappa shape index (κ2) is 10.7. The second-order valence-electron chi connectivity index (χ2n) is 7.55. The zero-order valence-corrected chi connectivity index (χ0v) is 19.2. The molecule has 8 nitrogen and oxygen atoms in total. The molecule has 0 bridgehead atoms. The number of carboxylic acid groups (broad SMARTS) is 1. The molecule has 0 aromatic heterocycles. The minimum atomic E-state index is -1.08. The molecule has 1 heterocycles. The number of thioether (sulfide) groups is 1. The number of carbonyl (C=O) groups excluding carboxylic acids is 3. The Morgan fingerprint density at radius 1 is 0.971 bits per heavy atom. The van der Waals surface area contributed by atoms with Gasteiger partial charge in [-0.05, 0) is 65.4 Å². The van der Waals surface area contributed by atoms with E-state index in [0.717, 1.165) is 22.2 Å². The number of nitrogens with zero attached hydrogens (tertiary/aromatic N) is 1. The van der Waals surface area contributed by atoms with Crippen LogP contribution in [0.5, 0.6) is 5.75 Å². The van der Waals surface area contributed by atoms with E-state index in [1.165, 1.54) is 24.3 Å². The minimum absolute atomic E-state index is 0.0774. The number of ether oxygens (including phenoxy) is 1. The fourth-order valence-corrected chi connectivity index (χ4v) is 4.10. The van der Waals surface area contributed by atoms with Gasteiger partial charge in [-0.1, -0.05) is 42.5 Å². The molecule has 0 aliphatic carbocycles.